The van der Waals surface area contributed by atoms with Gasteiger partial charge in [0, 0.05) is 39.1 Å². The monoisotopic (exact) mass is 251 g/mol. The number of pyridine rings is 1. The first-order valence-corrected chi connectivity index (χ1v) is 6.18. The molecule has 0 aliphatic heterocycles. The number of hydrogen-bond donors (Lipinski definition) is 1. The lowest BCUT2D eigenvalue weighted by Crippen LogP contribution is -2.42. The van der Waals surface area contributed by atoms with E-state index in [1.54, 1.807) is 24.4 Å². The zero-order chi connectivity index (χ0) is 13.2. The molecule has 1 heterocycles. The summed E-state index contributed by atoms with van der Waals surface area (Å²) in [4.78, 5) is 17.6. The van der Waals surface area contributed by atoms with E-state index in [1.807, 2.05) is 19.1 Å². The molecule has 2 amide bonds. The SMILES string of the molecule is CCN(CCc1ccncc1)C(=O)NCCOC. The Kier molecular flexibility index (Phi) is 6.79. The predicted octanol–water partition coefficient (Wildman–Crippen LogP) is 1.30. The molecule has 1 aromatic rings. The van der Waals surface area contributed by atoms with Crippen LogP contribution in [0.2, 0.25) is 0 Å². The van der Waals surface area contributed by atoms with E-state index in [1.165, 1.54) is 5.56 Å². The quantitative estimate of drug-likeness (QED) is 0.743. The first-order valence-electron chi connectivity index (χ1n) is 6.18. The topological polar surface area (TPSA) is 54.5 Å². The van der Waals surface area contributed by atoms with Gasteiger partial charge >= 0.3 is 6.03 Å². The standard InChI is InChI=1S/C13H21N3O2/c1-3-16(13(17)15-9-11-18-2)10-6-12-4-7-14-8-5-12/h4-5,7-8H,3,6,9-11H2,1-2H3,(H,15,17). The molecular weight excluding hydrogens is 230 g/mol. The van der Waals surface area contributed by atoms with E-state index in [0.717, 1.165) is 6.42 Å². The lowest BCUT2D eigenvalue weighted by Gasteiger charge is -2.21. The van der Waals surface area contributed by atoms with Gasteiger partial charge in [0.2, 0.25) is 0 Å². The molecule has 5 heteroatoms. The minimum Gasteiger partial charge on any atom is -0.383 e. The Morgan fingerprint density at radius 2 is 2.17 bits per heavy atom. The van der Waals surface area contributed by atoms with Gasteiger partial charge in [-0.2, -0.15) is 0 Å². The third kappa shape index (κ3) is 5.14. The zero-order valence-electron chi connectivity index (χ0n) is 11.1. The summed E-state index contributed by atoms with van der Waals surface area (Å²) in [5, 5.41) is 2.82. The second-order valence-electron chi connectivity index (χ2n) is 3.91. The Labute approximate surface area is 108 Å². The fourth-order valence-electron chi connectivity index (χ4n) is 1.59. The second kappa shape index (κ2) is 8.47. The number of amides is 2. The van der Waals surface area contributed by atoms with Gasteiger partial charge in [0.15, 0.2) is 0 Å². The number of nitrogens with one attached hydrogen (secondary N) is 1. The predicted molar refractivity (Wildman–Crippen MR) is 70.5 cm³/mol. The van der Waals surface area contributed by atoms with Crippen molar-refractivity contribution in [1.29, 1.82) is 0 Å². The first kappa shape index (κ1) is 14.4. The molecule has 5 nitrogen and oxygen atoms in total. The molecular formula is C13H21N3O2. The van der Waals surface area contributed by atoms with Crippen LogP contribution in [0.5, 0.6) is 0 Å². The number of likely N-dealkylation sites (N-methyl/N-ethyl adjacent to an activating group) is 1. The van der Waals surface area contributed by atoms with E-state index < -0.39 is 0 Å². The molecule has 0 spiro atoms. The third-order valence-electron chi connectivity index (χ3n) is 2.67. The average molecular weight is 251 g/mol. The molecule has 0 saturated carbocycles. The third-order valence-corrected chi connectivity index (χ3v) is 2.67. The second-order valence-corrected chi connectivity index (χ2v) is 3.91. The van der Waals surface area contributed by atoms with Crippen LogP contribution in [0.15, 0.2) is 24.5 Å². The molecule has 1 aromatic heterocycles. The summed E-state index contributed by atoms with van der Waals surface area (Å²) in [7, 11) is 1.62. The van der Waals surface area contributed by atoms with Crippen LogP contribution in [0.1, 0.15) is 12.5 Å². The van der Waals surface area contributed by atoms with E-state index in [-0.39, 0.29) is 6.03 Å². The Morgan fingerprint density at radius 3 is 2.78 bits per heavy atom. The molecule has 0 atom stereocenters. The minimum absolute atomic E-state index is 0.0383. The molecule has 100 valence electrons. The van der Waals surface area contributed by atoms with Crippen LogP contribution in [-0.2, 0) is 11.2 Å². The van der Waals surface area contributed by atoms with Gasteiger partial charge in [-0.05, 0) is 31.0 Å². The van der Waals surface area contributed by atoms with Crippen LogP contribution in [0.3, 0.4) is 0 Å². The van der Waals surface area contributed by atoms with Crippen molar-refractivity contribution in [2.45, 2.75) is 13.3 Å². The maximum atomic E-state index is 11.8. The van der Waals surface area contributed by atoms with Crippen LogP contribution in [0.25, 0.3) is 0 Å². The highest BCUT2D eigenvalue weighted by atomic mass is 16.5. The number of nitrogens with zero attached hydrogens (tertiary/aromatic N) is 2. The maximum absolute atomic E-state index is 11.8. The van der Waals surface area contributed by atoms with Crippen LogP contribution in [-0.4, -0.2) is 49.3 Å². The number of carbonyl (C=O) groups excluding carboxylic acids is 1. The number of methoxy groups -OCH3 is 1. The van der Waals surface area contributed by atoms with E-state index in [2.05, 4.69) is 10.3 Å². The van der Waals surface area contributed by atoms with Gasteiger partial charge in [-0.25, -0.2) is 4.79 Å². The highest BCUT2D eigenvalue weighted by molar-refractivity contribution is 5.74. The van der Waals surface area contributed by atoms with Gasteiger partial charge < -0.3 is 15.0 Å². The van der Waals surface area contributed by atoms with E-state index in [9.17, 15) is 4.79 Å². The molecule has 0 aliphatic carbocycles. The highest BCUT2D eigenvalue weighted by Crippen LogP contribution is 2.00. The van der Waals surface area contributed by atoms with Crippen LogP contribution in [0, 0.1) is 0 Å². The summed E-state index contributed by atoms with van der Waals surface area (Å²) in [5.74, 6) is 0. The average Bonchev–Trinajstić information content (AvgIpc) is 2.41. The summed E-state index contributed by atoms with van der Waals surface area (Å²) in [6, 6.07) is 3.90. The van der Waals surface area contributed by atoms with Crippen molar-refractivity contribution in [3.8, 4) is 0 Å². The Balaban J connectivity index is 2.35. The normalized spacial score (nSPS) is 10.1. The van der Waals surface area contributed by atoms with Gasteiger partial charge in [0.05, 0.1) is 6.61 Å². The molecule has 0 aromatic carbocycles. The largest absolute Gasteiger partial charge is 0.383 e. The summed E-state index contributed by atoms with van der Waals surface area (Å²) in [5.41, 5.74) is 1.19. The van der Waals surface area contributed by atoms with E-state index in [0.29, 0.717) is 26.2 Å². The zero-order valence-corrected chi connectivity index (χ0v) is 11.1. The Hall–Kier alpha value is -1.62. The van der Waals surface area contributed by atoms with Gasteiger partial charge in [-0.3, -0.25) is 4.98 Å². The molecule has 0 fully saturated rings. The van der Waals surface area contributed by atoms with Gasteiger partial charge in [0.25, 0.3) is 0 Å². The van der Waals surface area contributed by atoms with Crippen molar-refractivity contribution in [3.05, 3.63) is 30.1 Å². The lowest BCUT2D eigenvalue weighted by atomic mass is 10.2. The molecule has 0 saturated heterocycles. The summed E-state index contributed by atoms with van der Waals surface area (Å²) in [6.07, 6.45) is 4.38. The highest BCUT2D eigenvalue weighted by Gasteiger charge is 2.10. The first-order chi connectivity index (χ1) is 8.77. The maximum Gasteiger partial charge on any atom is 0.317 e. The molecule has 0 aliphatic rings. The molecule has 0 unspecified atom stereocenters. The molecule has 1 N–H and O–H groups in total. The number of hydrogen-bond acceptors (Lipinski definition) is 3. The van der Waals surface area contributed by atoms with Gasteiger partial charge in [-0.15, -0.1) is 0 Å². The summed E-state index contributed by atoms with van der Waals surface area (Å²) < 4.78 is 4.89. The van der Waals surface area contributed by atoms with Crippen molar-refractivity contribution in [3.63, 3.8) is 0 Å². The van der Waals surface area contributed by atoms with Crippen molar-refractivity contribution in [2.24, 2.45) is 0 Å². The summed E-state index contributed by atoms with van der Waals surface area (Å²) >= 11 is 0. The smallest absolute Gasteiger partial charge is 0.317 e. The Morgan fingerprint density at radius 1 is 1.44 bits per heavy atom. The van der Waals surface area contributed by atoms with Gasteiger partial charge in [-0.1, -0.05) is 0 Å². The molecule has 18 heavy (non-hydrogen) atoms. The number of rotatable bonds is 7. The number of aromatic nitrogens is 1. The molecule has 0 radical (unpaired) electrons. The molecule has 0 bridgehead atoms. The fourth-order valence-corrected chi connectivity index (χ4v) is 1.59. The van der Waals surface area contributed by atoms with Gasteiger partial charge in [0.1, 0.15) is 0 Å². The van der Waals surface area contributed by atoms with Crippen molar-refractivity contribution < 1.29 is 9.53 Å². The lowest BCUT2D eigenvalue weighted by molar-refractivity contribution is 0.181. The molecule has 1 rings (SSSR count). The van der Waals surface area contributed by atoms with Crippen LogP contribution in [0.4, 0.5) is 4.79 Å². The number of carbonyl (C=O) groups is 1. The fraction of sp³-hybridized carbons (Fsp3) is 0.538. The van der Waals surface area contributed by atoms with Crippen molar-refractivity contribution >= 4 is 6.03 Å². The van der Waals surface area contributed by atoms with Crippen molar-refractivity contribution in [2.75, 3.05) is 33.4 Å². The number of ether oxygens (including phenoxy) is 1. The summed E-state index contributed by atoms with van der Waals surface area (Å²) in [6.45, 7) is 4.46. The number of urea groups is 1. The van der Waals surface area contributed by atoms with Crippen LogP contribution < -0.4 is 5.32 Å². The van der Waals surface area contributed by atoms with Crippen LogP contribution >= 0.6 is 0 Å². The van der Waals surface area contributed by atoms with Crippen molar-refractivity contribution in [1.82, 2.24) is 15.2 Å². The van der Waals surface area contributed by atoms with E-state index >= 15 is 0 Å². The van der Waals surface area contributed by atoms with E-state index in [4.69, 9.17) is 4.74 Å². The minimum atomic E-state index is -0.0383. The Bertz CT molecular complexity index is 343.